The molecule has 0 unspecified atom stereocenters. The van der Waals surface area contributed by atoms with Crippen molar-refractivity contribution in [1.29, 1.82) is 0 Å². The van der Waals surface area contributed by atoms with Crippen LogP contribution < -0.4 is 10.2 Å². The summed E-state index contributed by atoms with van der Waals surface area (Å²) in [6.45, 7) is 4.04. The number of anilines is 1. The zero-order chi connectivity index (χ0) is 13.0. The Labute approximate surface area is 110 Å². The molecule has 1 aromatic heterocycles. The second-order valence-corrected chi connectivity index (χ2v) is 5.01. The van der Waals surface area contributed by atoms with E-state index in [4.69, 9.17) is 4.74 Å². The van der Waals surface area contributed by atoms with Gasteiger partial charge in [-0.05, 0) is 43.7 Å². The van der Waals surface area contributed by atoms with Crippen LogP contribution in [0.15, 0.2) is 29.4 Å². The monoisotopic (exact) mass is 261 g/mol. The number of hydrogen-bond acceptors (Lipinski definition) is 5. The van der Waals surface area contributed by atoms with E-state index in [1.165, 1.54) is 4.88 Å². The highest BCUT2D eigenvalue weighted by atomic mass is 32.1. The van der Waals surface area contributed by atoms with Crippen molar-refractivity contribution in [2.24, 2.45) is 5.10 Å². The number of methoxy groups -OCH3 is 1. The van der Waals surface area contributed by atoms with Crippen LogP contribution in [-0.4, -0.2) is 18.3 Å². The van der Waals surface area contributed by atoms with Gasteiger partial charge in [0.25, 0.3) is 0 Å². The first-order chi connectivity index (χ1) is 8.69. The molecule has 5 heteroatoms. The predicted molar refractivity (Wildman–Crippen MR) is 75.8 cm³/mol. The number of aryl methyl sites for hydroxylation is 2. The Kier molecular flexibility index (Phi) is 3.94. The fourth-order valence-electron chi connectivity index (χ4n) is 1.37. The molecule has 0 radical (unpaired) electrons. The quantitative estimate of drug-likeness (QED) is 0.679. The maximum Gasteiger partial charge on any atom is 0.203 e. The van der Waals surface area contributed by atoms with Crippen molar-refractivity contribution in [3.63, 3.8) is 0 Å². The van der Waals surface area contributed by atoms with E-state index >= 15 is 0 Å². The number of aromatic nitrogens is 1. The normalized spacial score (nSPS) is 10.8. The molecular weight excluding hydrogens is 246 g/mol. The van der Waals surface area contributed by atoms with Gasteiger partial charge < -0.3 is 4.74 Å². The van der Waals surface area contributed by atoms with Gasteiger partial charge in [0.2, 0.25) is 5.13 Å². The van der Waals surface area contributed by atoms with Crippen LogP contribution >= 0.6 is 11.3 Å². The van der Waals surface area contributed by atoms with Crippen LogP contribution in [0, 0.1) is 13.8 Å². The maximum absolute atomic E-state index is 5.09. The fourth-order valence-corrected chi connectivity index (χ4v) is 2.14. The van der Waals surface area contributed by atoms with Gasteiger partial charge >= 0.3 is 0 Å². The van der Waals surface area contributed by atoms with Crippen molar-refractivity contribution in [3.05, 3.63) is 40.4 Å². The molecule has 1 heterocycles. The van der Waals surface area contributed by atoms with E-state index in [-0.39, 0.29) is 0 Å². The molecule has 0 aliphatic heterocycles. The Morgan fingerprint density at radius 1 is 1.28 bits per heavy atom. The second-order valence-electron chi connectivity index (χ2n) is 3.80. The van der Waals surface area contributed by atoms with Crippen LogP contribution in [0.2, 0.25) is 0 Å². The van der Waals surface area contributed by atoms with Crippen molar-refractivity contribution in [2.75, 3.05) is 12.5 Å². The van der Waals surface area contributed by atoms with Crippen LogP contribution in [0.3, 0.4) is 0 Å². The van der Waals surface area contributed by atoms with E-state index < -0.39 is 0 Å². The van der Waals surface area contributed by atoms with Gasteiger partial charge in [-0.15, -0.1) is 11.3 Å². The number of benzene rings is 1. The molecule has 0 saturated heterocycles. The molecule has 0 aliphatic carbocycles. The summed E-state index contributed by atoms with van der Waals surface area (Å²) in [5, 5.41) is 4.97. The summed E-state index contributed by atoms with van der Waals surface area (Å²) < 4.78 is 5.09. The lowest BCUT2D eigenvalue weighted by Gasteiger charge is -1.98. The molecule has 1 N–H and O–H groups in total. The Hall–Kier alpha value is -1.88. The Morgan fingerprint density at radius 3 is 2.56 bits per heavy atom. The van der Waals surface area contributed by atoms with Gasteiger partial charge in [0.1, 0.15) is 5.75 Å². The van der Waals surface area contributed by atoms with Crippen LogP contribution in [-0.2, 0) is 0 Å². The minimum atomic E-state index is 0.815. The summed E-state index contributed by atoms with van der Waals surface area (Å²) in [6, 6.07) is 7.70. The largest absolute Gasteiger partial charge is 0.497 e. The third-order valence-corrected chi connectivity index (χ3v) is 3.50. The van der Waals surface area contributed by atoms with Crippen molar-refractivity contribution in [1.82, 2.24) is 4.98 Å². The van der Waals surface area contributed by atoms with Crippen LogP contribution in [0.4, 0.5) is 5.13 Å². The standard InChI is InChI=1S/C13H15N3OS/c1-9-10(2)18-13(15-9)16-14-8-11-4-6-12(17-3)7-5-11/h4-8H,1-3H3,(H,15,16). The summed E-state index contributed by atoms with van der Waals surface area (Å²) in [5.41, 5.74) is 4.98. The average Bonchev–Trinajstić information content (AvgIpc) is 2.69. The summed E-state index contributed by atoms with van der Waals surface area (Å²) in [5.74, 6) is 0.839. The van der Waals surface area contributed by atoms with Crippen molar-refractivity contribution >= 4 is 22.7 Å². The molecule has 2 aromatic rings. The minimum Gasteiger partial charge on any atom is -0.497 e. The third kappa shape index (κ3) is 3.07. The van der Waals surface area contributed by atoms with Gasteiger partial charge in [-0.1, -0.05) is 0 Å². The third-order valence-electron chi connectivity index (χ3n) is 2.52. The average molecular weight is 261 g/mol. The van der Waals surface area contributed by atoms with Crippen LogP contribution in [0.25, 0.3) is 0 Å². The Balaban J connectivity index is 1.98. The number of hydrazone groups is 1. The van der Waals surface area contributed by atoms with E-state index in [0.29, 0.717) is 0 Å². The van der Waals surface area contributed by atoms with E-state index in [1.807, 2.05) is 38.1 Å². The molecule has 0 aliphatic rings. The molecule has 0 spiro atoms. The molecule has 94 valence electrons. The highest BCUT2D eigenvalue weighted by molar-refractivity contribution is 7.15. The second kappa shape index (κ2) is 5.64. The van der Waals surface area contributed by atoms with Crippen molar-refractivity contribution in [2.45, 2.75) is 13.8 Å². The van der Waals surface area contributed by atoms with Crippen molar-refractivity contribution in [3.8, 4) is 5.75 Å². The summed E-state index contributed by atoms with van der Waals surface area (Å²) in [6.07, 6.45) is 1.76. The van der Waals surface area contributed by atoms with Gasteiger partial charge in [0.15, 0.2) is 0 Å². The number of hydrogen-bond donors (Lipinski definition) is 1. The molecule has 0 fully saturated rings. The first-order valence-electron chi connectivity index (χ1n) is 5.56. The van der Waals surface area contributed by atoms with Gasteiger partial charge in [-0.2, -0.15) is 5.10 Å². The lowest BCUT2D eigenvalue weighted by atomic mass is 10.2. The van der Waals surface area contributed by atoms with Gasteiger partial charge in [0, 0.05) is 4.88 Å². The highest BCUT2D eigenvalue weighted by Crippen LogP contribution is 2.20. The Bertz CT molecular complexity index is 526. The number of nitrogens with zero attached hydrogens (tertiary/aromatic N) is 2. The fraction of sp³-hybridized carbons (Fsp3) is 0.231. The topological polar surface area (TPSA) is 46.5 Å². The smallest absolute Gasteiger partial charge is 0.203 e. The molecule has 0 atom stereocenters. The lowest BCUT2D eigenvalue weighted by Crippen LogP contribution is -1.90. The highest BCUT2D eigenvalue weighted by Gasteiger charge is 2.00. The van der Waals surface area contributed by atoms with E-state index in [9.17, 15) is 0 Å². The maximum atomic E-state index is 5.09. The predicted octanol–water partition coefficient (Wildman–Crippen LogP) is 3.21. The zero-order valence-corrected chi connectivity index (χ0v) is 11.4. The van der Waals surface area contributed by atoms with Gasteiger partial charge in [-0.3, -0.25) is 5.43 Å². The summed E-state index contributed by atoms with van der Waals surface area (Å²) >= 11 is 1.60. The molecule has 0 bridgehead atoms. The van der Waals surface area contributed by atoms with Crippen molar-refractivity contribution < 1.29 is 4.74 Å². The number of rotatable bonds is 4. The first kappa shape index (κ1) is 12.6. The van der Waals surface area contributed by atoms with E-state index in [1.54, 1.807) is 24.7 Å². The minimum absolute atomic E-state index is 0.815. The van der Waals surface area contributed by atoms with Gasteiger partial charge in [0.05, 0.1) is 19.0 Å². The Morgan fingerprint density at radius 2 is 2.00 bits per heavy atom. The molecule has 0 saturated carbocycles. The summed E-state index contributed by atoms with van der Waals surface area (Å²) in [7, 11) is 1.65. The SMILES string of the molecule is COc1ccc(C=NNc2nc(C)c(C)s2)cc1. The molecule has 4 nitrogen and oxygen atoms in total. The van der Waals surface area contributed by atoms with Crippen LogP contribution in [0.5, 0.6) is 5.75 Å². The van der Waals surface area contributed by atoms with Crippen LogP contribution in [0.1, 0.15) is 16.1 Å². The molecule has 1 aromatic carbocycles. The number of nitrogens with one attached hydrogen (secondary N) is 1. The van der Waals surface area contributed by atoms with Gasteiger partial charge in [-0.25, -0.2) is 4.98 Å². The number of thiazole rings is 1. The first-order valence-corrected chi connectivity index (χ1v) is 6.38. The molecule has 0 amide bonds. The van der Waals surface area contributed by atoms with E-state index in [0.717, 1.165) is 22.1 Å². The molecule has 18 heavy (non-hydrogen) atoms. The molecular formula is C13H15N3OS. The summed E-state index contributed by atoms with van der Waals surface area (Å²) in [4.78, 5) is 5.55. The lowest BCUT2D eigenvalue weighted by molar-refractivity contribution is 0.415. The zero-order valence-electron chi connectivity index (χ0n) is 10.6. The molecule has 2 rings (SSSR count). The van der Waals surface area contributed by atoms with E-state index in [2.05, 4.69) is 15.5 Å². The number of ether oxygens (including phenoxy) is 1.